The minimum absolute atomic E-state index is 1.17. The molecule has 0 aliphatic carbocycles. The minimum Gasteiger partial charge on any atom is -0.0622 e. The fourth-order valence-electron chi connectivity index (χ4n) is 3.63. The van der Waals surface area contributed by atoms with E-state index in [1.54, 1.807) is 0 Å². The Kier molecular flexibility index (Phi) is 2.89. The molecule has 0 atom stereocenters. The van der Waals surface area contributed by atoms with Gasteiger partial charge in [0.25, 0.3) is 0 Å². The summed E-state index contributed by atoms with van der Waals surface area (Å²) >= 11 is 0. The zero-order valence-corrected chi connectivity index (χ0v) is 13.2. The van der Waals surface area contributed by atoms with E-state index in [1.165, 1.54) is 43.4 Å². The van der Waals surface area contributed by atoms with Gasteiger partial charge in [0.1, 0.15) is 0 Å². The molecular weight excluding hydrogens is 288 g/mol. The van der Waals surface area contributed by atoms with Crippen molar-refractivity contribution in [2.45, 2.75) is 0 Å². The van der Waals surface area contributed by atoms with E-state index in [9.17, 15) is 0 Å². The maximum Gasteiger partial charge on any atom is -0.00923 e. The standard InChI is InChI=1S/C24H15/c1-2-8-17(9-3-1)23-16-24-19-11-5-4-10-18(19)14-15-22(24)20-12-6-7-13-21(20)23/h1-13,15-16H. The van der Waals surface area contributed by atoms with E-state index >= 15 is 0 Å². The molecule has 0 amide bonds. The molecule has 5 aromatic rings. The SMILES string of the molecule is [c]1cc2c3ccccc3c(-c3ccccc3)cc2c2ccccc12. The number of rotatable bonds is 1. The summed E-state index contributed by atoms with van der Waals surface area (Å²) in [6.45, 7) is 0. The van der Waals surface area contributed by atoms with E-state index < -0.39 is 0 Å². The van der Waals surface area contributed by atoms with E-state index in [-0.39, 0.29) is 0 Å². The molecular formula is C24H15. The van der Waals surface area contributed by atoms with Crippen LogP contribution in [-0.2, 0) is 0 Å². The molecule has 0 saturated heterocycles. The van der Waals surface area contributed by atoms with Crippen LogP contribution in [0.2, 0.25) is 0 Å². The van der Waals surface area contributed by atoms with Gasteiger partial charge in [-0.05, 0) is 61.6 Å². The first-order valence-electron chi connectivity index (χ1n) is 8.22. The van der Waals surface area contributed by atoms with Gasteiger partial charge in [0.05, 0.1) is 0 Å². The van der Waals surface area contributed by atoms with Gasteiger partial charge in [0, 0.05) is 0 Å². The first-order chi connectivity index (χ1) is 11.9. The van der Waals surface area contributed by atoms with Gasteiger partial charge >= 0.3 is 0 Å². The van der Waals surface area contributed by atoms with Crippen molar-refractivity contribution in [1.82, 2.24) is 0 Å². The van der Waals surface area contributed by atoms with E-state index in [4.69, 9.17) is 0 Å². The second kappa shape index (κ2) is 5.21. The third kappa shape index (κ3) is 1.93. The first-order valence-corrected chi connectivity index (χ1v) is 8.22. The summed E-state index contributed by atoms with van der Waals surface area (Å²) in [5.41, 5.74) is 2.54. The van der Waals surface area contributed by atoms with Gasteiger partial charge in [-0.2, -0.15) is 0 Å². The van der Waals surface area contributed by atoms with E-state index in [0.29, 0.717) is 0 Å². The topological polar surface area (TPSA) is 0 Å². The van der Waals surface area contributed by atoms with Crippen LogP contribution in [0.5, 0.6) is 0 Å². The number of benzene rings is 5. The summed E-state index contributed by atoms with van der Waals surface area (Å²) in [5, 5.41) is 7.57. The molecule has 1 radical (unpaired) electrons. The van der Waals surface area contributed by atoms with Crippen LogP contribution in [0.1, 0.15) is 0 Å². The molecule has 0 heteroatoms. The average Bonchev–Trinajstić information content (AvgIpc) is 2.67. The van der Waals surface area contributed by atoms with Crippen molar-refractivity contribution >= 4 is 32.3 Å². The highest BCUT2D eigenvalue weighted by molar-refractivity contribution is 6.20. The lowest BCUT2D eigenvalue weighted by Crippen LogP contribution is -1.86. The van der Waals surface area contributed by atoms with E-state index in [1.807, 2.05) is 0 Å². The Hall–Kier alpha value is -3.12. The quantitative estimate of drug-likeness (QED) is 0.305. The van der Waals surface area contributed by atoms with Crippen LogP contribution in [0.3, 0.4) is 0 Å². The summed E-state index contributed by atoms with van der Waals surface area (Å²) in [7, 11) is 0. The van der Waals surface area contributed by atoms with Gasteiger partial charge in [-0.3, -0.25) is 0 Å². The van der Waals surface area contributed by atoms with Crippen LogP contribution in [-0.4, -0.2) is 0 Å². The highest BCUT2D eigenvalue weighted by Gasteiger charge is 2.10. The van der Waals surface area contributed by atoms with Crippen LogP contribution in [0, 0.1) is 6.07 Å². The van der Waals surface area contributed by atoms with Gasteiger partial charge in [-0.15, -0.1) is 0 Å². The summed E-state index contributed by atoms with van der Waals surface area (Å²) in [4.78, 5) is 0. The van der Waals surface area contributed by atoms with Crippen LogP contribution in [0.25, 0.3) is 43.4 Å². The molecule has 0 unspecified atom stereocenters. The van der Waals surface area contributed by atoms with Gasteiger partial charge in [0.15, 0.2) is 0 Å². The highest BCUT2D eigenvalue weighted by Crippen LogP contribution is 2.37. The van der Waals surface area contributed by atoms with Crippen molar-refractivity contribution in [2.75, 3.05) is 0 Å². The smallest absolute Gasteiger partial charge is 0.00923 e. The largest absolute Gasteiger partial charge is 0.0622 e. The fraction of sp³-hybridized carbons (Fsp3) is 0. The Balaban J connectivity index is 2.02. The zero-order valence-electron chi connectivity index (χ0n) is 13.2. The predicted molar refractivity (Wildman–Crippen MR) is 103 cm³/mol. The van der Waals surface area contributed by atoms with Gasteiger partial charge in [0.2, 0.25) is 0 Å². The monoisotopic (exact) mass is 303 g/mol. The van der Waals surface area contributed by atoms with Crippen LogP contribution in [0.15, 0.2) is 91.0 Å². The summed E-state index contributed by atoms with van der Waals surface area (Å²) in [5.74, 6) is 0. The Morgan fingerprint density at radius 3 is 2.00 bits per heavy atom. The highest BCUT2D eigenvalue weighted by atomic mass is 14.1. The van der Waals surface area contributed by atoms with Crippen molar-refractivity contribution in [3.63, 3.8) is 0 Å². The first kappa shape index (κ1) is 13.3. The molecule has 0 fully saturated rings. The molecule has 111 valence electrons. The second-order valence-electron chi connectivity index (χ2n) is 6.13. The van der Waals surface area contributed by atoms with Crippen LogP contribution in [0.4, 0.5) is 0 Å². The zero-order chi connectivity index (χ0) is 15.9. The van der Waals surface area contributed by atoms with Crippen molar-refractivity contribution in [3.05, 3.63) is 97.1 Å². The molecule has 5 aromatic carbocycles. The van der Waals surface area contributed by atoms with Crippen LogP contribution >= 0.6 is 0 Å². The summed E-state index contributed by atoms with van der Waals surface area (Å²) in [6.07, 6.45) is 0. The third-order valence-corrected chi connectivity index (χ3v) is 4.76. The molecule has 0 aromatic heterocycles. The van der Waals surface area contributed by atoms with Crippen molar-refractivity contribution in [3.8, 4) is 11.1 Å². The molecule has 0 aliphatic heterocycles. The Labute approximate surface area is 141 Å². The molecule has 5 rings (SSSR count). The van der Waals surface area contributed by atoms with Gasteiger partial charge in [-0.25, -0.2) is 0 Å². The lowest BCUT2D eigenvalue weighted by molar-refractivity contribution is 1.67. The van der Waals surface area contributed by atoms with Crippen molar-refractivity contribution in [1.29, 1.82) is 0 Å². The predicted octanol–water partition coefficient (Wildman–Crippen LogP) is 6.61. The Morgan fingerprint density at radius 2 is 1.17 bits per heavy atom. The lowest BCUT2D eigenvalue weighted by Gasteiger charge is -2.12. The van der Waals surface area contributed by atoms with Crippen molar-refractivity contribution in [2.24, 2.45) is 0 Å². The van der Waals surface area contributed by atoms with E-state index in [0.717, 1.165) is 0 Å². The average molecular weight is 303 g/mol. The summed E-state index contributed by atoms with van der Waals surface area (Å²) in [6, 6.07) is 35.7. The molecule has 0 aliphatic rings. The van der Waals surface area contributed by atoms with Crippen molar-refractivity contribution < 1.29 is 0 Å². The molecule has 24 heavy (non-hydrogen) atoms. The van der Waals surface area contributed by atoms with Crippen LogP contribution < -0.4 is 0 Å². The Bertz CT molecular complexity index is 1180. The fourth-order valence-corrected chi connectivity index (χ4v) is 3.63. The van der Waals surface area contributed by atoms with Gasteiger partial charge in [-0.1, -0.05) is 78.9 Å². The molecule has 0 nitrogen and oxygen atoms in total. The minimum atomic E-state index is 1.17. The molecule has 0 spiro atoms. The maximum absolute atomic E-state index is 3.45. The molecule has 0 saturated carbocycles. The molecule has 0 N–H and O–H groups in total. The normalized spacial score (nSPS) is 11.3. The number of fused-ring (bicyclic) bond motifs is 5. The van der Waals surface area contributed by atoms with Gasteiger partial charge < -0.3 is 0 Å². The Morgan fingerprint density at radius 1 is 0.500 bits per heavy atom. The summed E-state index contributed by atoms with van der Waals surface area (Å²) < 4.78 is 0. The third-order valence-electron chi connectivity index (χ3n) is 4.76. The lowest BCUT2D eigenvalue weighted by atomic mass is 9.91. The van der Waals surface area contributed by atoms with E-state index in [2.05, 4.69) is 97.1 Å². The second-order valence-corrected chi connectivity index (χ2v) is 6.13. The molecule has 0 heterocycles. The maximum atomic E-state index is 3.45. The number of hydrogen-bond acceptors (Lipinski definition) is 0. The molecule has 0 bridgehead atoms. The number of hydrogen-bond donors (Lipinski definition) is 0.